The van der Waals surface area contributed by atoms with Gasteiger partial charge in [0.15, 0.2) is 12.2 Å². The fraction of sp³-hybridized carbons (Fsp3) is 0.947. The maximum Gasteiger partial charge on any atom is 0.472 e. The number of unbranched alkanes of at least 4 members (excludes halogenated alkanes) is 47. The SMILES string of the molecule is CCCCCCCCCCCCCCCCCCCCCCC(=O)O[C@H](COC(=O)CCCCCCCCCCCCCCCCC)COP(=O)(O)OC[C@@H](O)COP(=O)(O)OC[C@@H](COC(=O)CCCCCCCCCC)OC(=O)CCCCCCCCCCC(C)C. The number of rotatable bonds is 75. The number of carbonyl (C=O) groups excluding carboxylic acids is 4. The van der Waals surface area contributed by atoms with Crippen molar-refractivity contribution in [3.8, 4) is 0 Å². The van der Waals surface area contributed by atoms with Crippen molar-refractivity contribution in [2.75, 3.05) is 39.6 Å². The van der Waals surface area contributed by atoms with Crippen LogP contribution in [0.4, 0.5) is 0 Å². The molecule has 0 aliphatic rings. The Labute approximate surface area is 575 Å². The minimum absolute atomic E-state index is 0.105. The molecule has 0 aromatic rings. The number of hydrogen-bond donors (Lipinski definition) is 3. The summed E-state index contributed by atoms with van der Waals surface area (Å²) in [4.78, 5) is 72.6. The van der Waals surface area contributed by atoms with Crippen molar-refractivity contribution in [2.45, 2.75) is 412 Å². The summed E-state index contributed by atoms with van der Waals surface area (Å²) in [5, 5.41) is 10.6. The second-order valence-corrected chi connectivity index (χ2v) is 30.4. The van der Waals surface area contributed by atoms with Gasteiger partial charge >= 0.3 is 39.5 Å². The van der Waals surface area contributed by atoms with Crippen LogP contribution in [0.3, 0.4) is 0 Å². The van der Waals surface area contributed by atoms with Gasteiger partial charge < -0.3 is 33.8 Å². The van der Waals surface area contributed by atoms with Crippen molar-refractivity contribution in [1.29, 1.82) is 0 Å². The van der Waals surface area contributed by atoms with E-state index in [1.165, 1.54) is 212 Å². The van der Waals surface area contributed by atoms with Gasteiger partial charge in [0, 0.05) is 25.7 Å². The Morgan fingerprint density at radius 1 is 0.287 bits per heavy atom. The fourth-order valence-electron chi connectivity index (χ4n) is 11.5. The summed E-state index contributed by atoms with van der Waals surface area (Å²) in [5.74, 6) is -1.40. The van der Waals surface area contributed by atoms with Gasteiger partial charge in [0.1, 0.15) is 19.3 Å². The Morgan fingerprint density at radius 3 is 0.723 bits per heavy atom. The molecule has 0 bridgehead atoms. The van der Waals surface area contributed by atoms with E-state index in [0.29, 0.717) is 25.7 Å². The van der Waals surface area contributed by atoms with E-state index in [1.807, 2.05) is 0 Å². The van der Waals surface area contributed by atoms with Crippen LogP contribution >= 0.6 is 15.6 Å². The van der Waals surface area contributed by atoms with E-state index in [0.717, 1.165) is 102 Å². The van der Waals surface area contributed by atoms with Gasteiger partial charge in [0.25, 0.3) is 0 Å². The van der Waals surface area contributed by atoms with Crippen molar-refractivity contribution in [2.24, 2.45) is 5.92 Å². The van der Waals surface area contributed by atoms with E-state index in [9.17, 15) is 43.2 Å². The van der Waals surface area contributed by atoms with Crippen molar-refractivity contribution in [3.05, 3.63) is 0 Å². The van der Waals surface area contributed by atoms with E-state index in [4.69, 9.17) is 37.0 Å². The van der Waals surface area contributed by atoms with Gasteiger partial charge in [-0.15, -0.1) is 0 Å². The Kier molecular flexibility index (Phi) is 66.8. The second kappa shape index (κ2) is 68.2. The third-order valence-electron chi connectivity index (χ3n) is 17.5. The van der Waals surface area contributed by atoms with Gasteiger partial charge in [0.2, 0.25) is 0 Å². The molecule has 0 fully saturated rings. The highest BCUT2D eigenvalue weighted by Crippen LogP contribution is 2.45. The summed E-state index contributed by atoms with van der Waals surface area (Å²) >= 11 is 0. The number of ether oxygens (including phenoxy) is 4. The van der Waals surface area contributed by atoms with Gasteiger partial charge in [-0.1, -0.05) is 343 Å². The van der Waals surface area contributed by atoms with E-state index < -0.39 is 97.5 Å². The Hall–Kier alpha value is -1.94. The quantitative estimate of drug-likeness (QED) is 0.0222. The molecule has 0 aromatic carbocycles. The van der Waals surface area contributed by atoms with Crippen LogP contribution in [0.15, 0.2) is 0 Å². The number of hydrogen-bond acceptors (Lipinski definition) is 15. The van der Waals surface area contributed by atoms with Gasteiger partial charge in [-0.2, -0.15) is 0 Å². The molecular formula is C75H146O17P2. The minimum atomic E-state index is -4.96. The molecule has 0 aromatic heterocycles. The summed E-state index contributed by atoms with van der Waals surface area (Å²) in [6.45, 7) is 7.22. The third-order valence-corrected chi connectivity index (χ3v) is 19.4. The molecular weight excluding hydrogens is 1230 g/mol. The van der Waals surface area contributed by atoms with Crippen LogP contribution in [-0.4, -0.2) is 96.7 Å². The number of phosphoric ester groups is 2. The smallest absolute Gasteiger partial charge is 0.462 e. The van der Waals surface area contributed by atoms with Gasteiger partial charge in [-0.05, 0) is 31.6 Å². The fourth-order valence-corrected chi connectivity index (χ4v) is 13.1. The maximum absolute atomic E-state index is 13.1. The number of carbonyl (C=O) groups is 4. The maximum atomic E-state index is 13.1. The summed E-state index contributed by atoms with van der Waals surface area (Å²) in [6, 6.07) is 0. The third kappa shape index (κ3) is 68.6. The minimum Gasteiger partial charge on any atom is -0.462 e. The highest BCUT2D eigenvalue weighted by Gasteiger charge is 2.30. The standard InChI is InChI=1S/C75H146O17P2/c1-6-9-12-15-18-21-23-25-27-28-29-30-31-33-35-37-39-45-50-55-60-74(79)91-71(65-86-73(78)59-54-49-44-38-36-34-32-26-24-22-19-16-13-10-7-2)67-90-94(83,84)88-63-69(76)62-87-93(81,82)89-66-70(64-85-72(77)58-53-48-43-20-17-14-11-8-3)92-75(80)61-56-51-46-41-40-42-47-52-57-68(4)5/h68-71,76H,6-67H2,1-5H3,(H,81,82)(H,83,84)/t69-,70+,71+/m0/s1. The predicted octanol–water partition coefficient (Wildman–Crippen LogP) is 22.1. The molecule has 3 N–H and O–H groups in total. The molecule has 0 amide bonds. The van der Waals surface area contributed by atoms with E-state index >= 15 is 0 Å². The molecule has 0 saturated heterocycles. The van der Waals surface area contributed by atoms with Crippen LogP contribution < -0.4 is 0 Å². The Balaban J connectivity index is 5.18. The van der Waals surface area contributed by atoms with Crippen LogP contribution in [0, 0.1) is 5.92 Å². The molecule has 0 aliphatic carbocycles. The lowest BCUT2D eigenvalue weighted by Crippen LogP contribution is -2.30. The summed E-state index contributed by atoms with van der Waals surface area (Å²) in [5.41, 5.74) is 0. The van der Waals surface area contributed by atoms with Crippen LogP contribution in [0.5, 0.6) is 0 Å². The average Bonchev–Trinajstić information content (AvgIpc) is 2.89. The molecule has 2 unspecified atom stereocenters. The van der Waals surface area contributed by atoms with Crippen LogP contribution in [0.25, 0.3) is 0 Å². The second-order valence-electron chi connectivity index (χ2n) is 27.5. The highest BCUT2D eigenvalue weighted by atomic mass is 31.2. The van der Waals surface area contributed by atoms with Crippen molar-refractivity contribution in [1.82, 2.24) is 0 Å². The number of esters is 4. The first kappa shape index (κ1) is 92.1. The monoisotopic (exact) mass is 1380 g/mol. The first-order valence-electron chi connectivity index (χ1n) is 39.1. The van der Waals surface area contributed by atoms with Gasteiger partial charge in [0.05, 0.1) is 26.4 Å². The summed E-state index contributed by atoms with van der Waals surface area (Å²) < 4.78 is 68.4. The molecule has 0 spiro atoms. The Bertz CT molecular complexity index is 1810. The zero-order valence-corrected chi connectivity index (χ0v) is 62.9. The predicted molar refractivity (Wildman–Crippen MR) is 382 cm³/mol. The van der Waals surface area contributed by atoms with Crippen LogP contribution in [0.1, 0.15) is 394 Å². The lowest BCUT2D eigenvalue weighted by molar-refractivity contribution is -0.161. The molecule has 558 valence electrons. The molecule has 0 rings (SSSR count). The lowest BCUT2D eigenvalue weighted by atomic mass is 10.0. The molecule has 19 heteroatoms. The van der Waals surface area contributed by atoms with E-state index in [1.54, 1.807) is 0 Å². The zero-order valence-electron chi connectivity index (χ0n) is 61.1. The number of aliphatic hydroxyl groups is 1. The first-order valence-corrected chi connectivity index (χ1v) is 42.1. The van der Waals surface area contributed by atoms with E-state index in [2.05, 4.69) is 34.6 Å². The zero-order chi connectivity index (χ0) is 69.1. The molecule has 0 saturated carbocycles. The van der Waals surface area contributed by atoms with Gasteiger partial charge in [-0.25, -0.2) is 9.13 Å². The normalized spacial score (nSPS) is 14.0. The average molecular weight is 1380 g/mol. The molecule has 17 nitrogen and oxygen atoms in total. The molecule has 5 atom stereocenters. The number of aliphatic hydroxyl groups excluding tert-OH is 1. The lowest BCUT2D eigenvalue weighted by Gasteiger charge is -2.21. The van der Waals surface area contributed by atoms with Crippen molar-refractivity contribution in [3.63, 3.8) is 0 Å². The van der Waals surface area contributed by atoms with Crippen LogP contribution in [0.2, 0.25) is 0 Å². The van der Waals surface area contributed by atoms with Crippen molar-refractivity contribution >= 4 is 39.5 Å². The first-order chi connectivity index (χ1) is 45.5. The molecule has 94 heavy (non-hydrogen) atoms. The topological polar surface area (TPSA) is 237 Å². The largest absolute Gasteiger partial charge is 0.472 e. The van der Waals surface area contributed by atoms with Gasteiger partial charge in [-0.3, -0.25) is 37.3 Å². The van der Waals surface area contributed by atoms with Crippen LogP contribution in [-0.2, 0) is 65.4 Å². The Morgan fingerprint density at radius 2 is 0.489 bits per heavy atom. The molecule has 0 heterocycles. The molecule has 0 radical (unpaired) electrons. The molecule has 0 aliphatic heterocycles. The summed E-state index contributed by atoms with van der Waals surface area (Å²) in [7, 11) is -9.90. The van der Waals surface area contributed by atoms with E-state index in [-0.39, 0.29) is 25.7 Å². The van der Waals surface area contributed by atoms with Crippen molar-refractivity contribution < 1.29 is 80.2 Å². The number of phosphoric acid groups is 2. The highest BCUT2D eigenvalue weighted by molar-refractivity contribution is 7.47. The summed E-state index contributed by atoms with van der Waals surface area (Å²) in [6.07, 6.45) is 57.1.